The Hall–Kier alpha value is -2.71. The van der Waals surface area contributed by atoms with E-state index in [1.165, 1.54) is 12.1 Å². The summed E-state index contributed by atoms with van der Waals surface area (Å²) < 4.78 is 24.6. The number of rotatable bonds is 6. The van der Waals surface area contributed by atoms with Gasteiger partial charge in [0.25, 0.3) is 5.69 Å². The molecule has 2 aromatic carbocycles. The molecule has 0 spiro atoms. The van der Waals surface area contributed by atoms with Crippen molar-refractivity contribution in [3.63, 3.8) is 0 Å². The molecule has 1 aliphatic heterocycles. The molecule has 0 amide bonds. The number of fused-ring (bicyclic) bond motifs is 1. The highest BCUT2D eigenvalue weighted by Gasteiger charge is 2.30. The van der Waals surface area contributed by atoms with Gasteiger partial charge in [-0.15, -0.1) is 0 Å². The van der Waals surface area contributed by atoms with Crippen LogP contribution in [0.3, 0.4) is 0 Å². The van der Waals surface area contributed by atoms with Crippen LogP contribution in [0.1, 0.15) is 30.9 Å². The molecule has 1 heterocycles. The SMILES string of the molecule is CCCCc1c([N+](=O)[O-])ccc(S(N)(=O)=O)c1N1CC=Cc2ccccc21. The van der Waals surface area contributed by atoms with E-state index in [2.05, 4.69) is 0 Å². The second-order valence-corrected chi connectivity index (χ2v) is 7.92. The van der Waals surface area contributed by atoms with Crippen molar-refractivity contribution in [2.45, 2.75) is 31.1 Å². The summed E-state index contributed by atoms with van der Waals surface area (Å²) in [6.45, 7) is 2.38. The first-order valence-electron chi connectivity index (χ1n) is 8.70. The fourth-order valence-corrected chi connectivity index (χ4v) is 4.13. The Kier molecular flexibility index (Phi) is 5.29. The fraction of sp³-hybridized carbons (Fsp3) is 0.263. The van der Waals surface area contributed by atoms with Crippen LogP contribution in [0.15, 0.2) is 47.4 Å². The normalized spacial score (nSPS) is 13.5. The average molecular weight is 387 g/mol. The molecule has 0 aromatic heterocycles. The molecule has 0 fully saturated rings. The molecular weight excluding hydrogens is 366 g/mol. The number of nitro benzene ring substituents is 1. The first-order valence-corrected chi connectivity index (χ1v) is 10.3. The molecule has 27 heavy (non-hydrogen) atoms. The van der Waals surface area contributed by atoms with Crippen LogP contribution >= 0.6 is 0 Å². The van der Waals surface area contributed by atoms with Gasteiger partial charge in [-0.3, -0.25) is 10.1 Å². The molecule has 2 aromatic rings. The quantitative estimate of drug-likeness (QED) is 0.600. The number of nitrogens with zero attached hydrogens (tertiary/aromatic N) is 2. The molecule has 2 N–H and O–H groups in total. The lowest BCUT2D eigenvalue weighted by atomic mass is 10.0. The Morgan fingerprint density at radius 2 is 1.96 bits per heavy atom. The molecule has 0 saturated heterocycles. The van der Waals surface area contributed by atoms with Gasteiger partial charge < -0.3 is 4.90 Å². The molecule has 0 unspecified atom stereocenters. The Bertz CT molecular complexity index is 1020. The maximum Gasteiger partial charge on any atom is 0.274 e. The van der Waals surface area contributed by atoms with Gasteiger partial charge >= 0.3 is 0 Å². The van der Waals surface area contributed by atoms with Gasteiger partial charge in [-0.25, -0.2) is 13.6 Å². The molecule has 1 aliphatic rings. The first kappa shape index (κ1) is 19.1. The van der Waals surface area contributed by atoms with Crippen LogP contribution in [-0.4, -0.2) is 19.9 Å². The van der Waals surface area contributed by atoms with E-state index in [-0.39, 0.29) is 10.6 Å². The minimum atomic E-state index is -4.06. The van der Waals surface area contributed by atoms with Crippen molar-refractivity contribution in [2.75, 3.05) is 11.4 Å². The number of para-hydroxylation sites is 1. The van der Waals surface area contributed by atoms with Gasteiger partial charge in [-0.1, -0.05) is 43.7 Å². The molecule has 7 nitrogen and oxygen atoms in total. The highest BCUT2D eigenvalue weighted by molar-refractivity contribution is 7.89. The maximum atomic E-state index is 12.3. The predicted octanol–water partition coefficient (Wildman–Crippen LogP) is 3.75. The van der Waals surface area contributed by atoms with Crippen LogP contribution in [0.2, 0.25) is 0 Å². The van der Waals surface area contributed by atoms with Crippen LogP contribution in [0.4, 0.5) is 17.1 Å². The summed E-state index contributed by atoms with van der Waals surface area (Å²) in [6, 6.07) is 9.99. The third-order valence-corrected chi connectivity index (χ3v) is 5.53. The first-order chi connectivity index (χ1) is 12.8. The lowest BCUT2D eigenvalue weighted by Gasteiger charge is -2.31. The lowest BCUT2D eigenvalue weighted by Crippen LogP contribution is -2.26. The average Bonchev–Trinajstić information content (AvgIpc) is 2.64. The van der Waals surface area contributed by atoms with Gasteiger partial charge in [0.05, 0.1) is 16.2 Å². The third kappa shape index (κ3) is 3.72. The molecule has 0 radical (unpaired) electrons. The van der Waals surface area contributed by atoms with Gasteiger partial charge in [0.2, 0.25) is 10.0 Å². The number of hydrogen-bond acceptors (Lipinski definition) is 5. The van der Waals surface area contributed by atoms with E-state index < -0.39 is 14.9 Å². The summed E-state index contributed by atoms with van der Waals surface area (Å²) in [7, 11) is -4.06. The number of unbranched alkanes of at least 4 members (excludes halogenated alkanes) is 1. The van der Waals surface area contributed by atoms with E-state index >= 15 is 0 Å². The Morgan fingerprint density at radius 1 is 1.22 bits per heavy atom. The number of hydrogen-bond donors (Lipinski definition) is 1. The second-order valence-electron chi connectivity index (χ2n) is 6.39. The minimum absolute atomic E-state index is 0.0853. The number of nitrogens with two attached hydrogens (primary N) is 1. The Balaban J connectivity index is 2.33. The molecule has 142 valence electrons. The van der Waals surface area contributed by atoms with Crippen molar-refractivity contribution in [3.05, 3.63) is 63.7 Å². The summed E-state index contributed by atoms with van der Waals surface area (Å²) in [5, 5.41) is 17.1. The highest BCUT2D eigenvalue weighted by Crippen LogP contribution is 2.42. The molecule has 0 atom stereocenters. The predicted molar refractivity (Wildman–Crippen MR) is 106 cm³/mol. The van der Waals surface area contributed by atoms with Crippen LogP contribution in [0.5, 0.6) is 0 Å². The summed E-state index contributed by atoms with van der Waals surface area (Å²) in [4.78, 5) is 12.9. The van der Waals surface area contributed by atoms with Gasteiger partial charge in [0.1, 0.15) is 4.90 Å². The maximum absolute atomic E-state index is 12.3. The minimum Gasteiger partial charge on any atom is -0.336 e. The van der Waals surface area contributed by atoms with E-state index in [9.17, 15) is 18.5 Å². The van der Waals surface area contributed by atoms with E-state index in [1.807, 2.05) is 43.3 Å². The number of anilines is 2. The van der Waals surface area contributed by atoms with Gasteiger partial charge in [0, 0.05) is 18.3 Å². The van der Waals surface area contributed by atoms with Gasteiger partial charge in [-0.05, 0) is 30.5 Å². The highest BCUT2D eigenvalue weighted by atomic mass is 32.2. The topological polar surface area (TPSA) is 107 Å². The molecule has 3 rings (SSSR count). The fourth-order valence-electron chi connectivity index (χ4n) is 3.37. The monoisotopic (exact) mass is 387 g/mol. The van der Waals surface area contributed by atoms with E-state index in [0.29, 0.717) is 30.6 Å². The number of nitro groups is 1. The zero-order chi connectivity index (χ0) is 19.6. The summed E-state index contributed by atoms with van der Waals surface area (Å²) in [5.74, 6) is 0. The Morgan fingerprint density at radius 3 is 2.63 bits per heavy atom. The molecular formula is C19H21N3O4S. The van der Waals surface area contributed by atoms with E-state index in [4.69, 9.17) is 5.14 Å². The molecule has 0 saturated carbocycles. The van der Waals surface area contributed by atoms with Crippen molar-refractivity contribution in [1.82, 2.24) is 0 Å². The largest absolute Gasteiger partial charge is 0.336 e. The molecule has 8 heteroatoms. The van der Waals surface area contributed by atoms with Crippen molar-refractivity contribution in [1.29, 1.82) is 0 Å². The van der Waals surface area contributed by atoms with Crippen LogP contribution in [-0.2, 0) is 16.4 Å². The lowest BCUT2D eigenvalue weighted by molar-refractivity contribution is -0.385. The molecule has 0 bridgehead atoms. The van der Waals surface area contributed by atoms with Gasteiger partial charge in [-0.2, -0.15) is 0 Å². The van der Waals surface area contributed by atoms with Crippen molar-refractivity contribution < 1.29 is 13.3 Å². The van der Waals surface area contributed by atoms with Gasteiger partial charge in [0.15, 0.2) is 0 Å². The van der Waals surface area contributed by atoms with Crippen molar-refractivity contribution >= 4 is 33.2 Å². The summed E-state index contributed by atoms with van der Waals surface area (Å²) in [6.07, 6.45) is 5.77. The summed E-state index contributed by atoms with van der Waals surface area (Å²) >= 11 is 0. The van der Waals surface area contributed by atoms with E-state index in [1.54, 1.807) is 4.90 Å². The number of primary sulfonamides is 1. The van der Waals surface area contributed by atoms with Crippen LogP contribution < -0.4 is 10.0 Å². The third-order valence-electron chi connectivity index (χ3n) is 4.59. The van der Waals surface area contributed by atoms with E-state index in [0.717, 1.165) is 17.7 Å². The zero-order valence-corrected chi connectivity index (χ0v) is 15.8. The smallest absolute Gasteiger partial charge is 0.274 e. The number of benzene rings is 2. The van der Waals surface area contributed by atoms with Crippen molar-refractivity contribution in [2.24, 2.45) is 5.14 Å². The van der Waals surface area contributed by atoms with Crippen LogP contribution in [0, 0.1) is 10.1 Å². The number of sulfonamides is 1. The summed E-state index contributed by atoms with van der Waals surface area (Å²) in [5.41, 5.74) is 2.33. The van der Waals surface area contributed by atoms with Crippen LogP contribution in [0.25, 0.3) is 6.08 Å². The second kappa shape index (κ2) is 7.50. The molecule has 0 aliphatic carbocycles. The van der Waals surface area contributed by atoms with Crippen molar-refractivity contribution in [3.8, 4) is 0 Å². The Labute approximate surface area is 158 Å². The zero-order valence-electron chi connectivity index (χ0n) is 15.0. The standard InChI is InChI=1S/C19H21N3O4S/c1-2-3-9-15-17(22(23)24)11-12-18(27(20,25)26)19(15)21-13-6-8-14-7-4-5-10-16(14)21/h4-8,10-12H,2-3,9,13H2,1H3,(H2,20,25,26).